The van der Waals surface area contributed by atoms with E-state index in [1.807, 2.05) is 11.8 Å². The highest BCUT2D eigenvalue weighted by molar-refractivity contribution is 7.99. The molecule has 0 saturated carbocycles. The molecule has 172 valence electrons. The monoisotopic (exact) mass is 486 g/mol. The summed E-state index contributed by atoms with van der Waals surface area (Å²) in [6, 6.07) is 49.0. The molecule has 0 unspecified atom stereocenters. The lowest BCUT2D eigenvalue weighted by Gasteiger charge is -2.22. The number of benzene rings is 7. The fourth-order valence-corrected chi connectivity index (χ4v) is 7.17. The number of fused-ring (bicyclic) bond motifs is 5. The van der Waals surface area contributed by atoms with Crippen LogP contribution in [0, 0.1) is 0 Å². The number of rotatable bonds is 2. The van der Waals surface area contributed by atoms with Crippen molar-refractivity contribution >= 4 is 44.1 Å². The molecule has 0 radical (unpaired) electrons. The van der Waals surface area contributed by atoms with Crippen LogP contribution in [0.1, 0.15) is 0 Å². The zero-order chi connectivity index (χ0) is 24.3. The third-order valence-electron chi connectivity index (χ3n) is 7.69. The van der Waals surface area contributed by atoms with Gasteiger partial charge in [0.2, 0.25) is 0 Å². The summed E-state index contributed by atoms with van der Waals surface area (Å²) >= 11 is 1.88. The first-order chi connectivity index (χ1) is 18.4. The second-order valence-electron chi connectivity index (χ2n) is 9.67. The SMILES string of the molecule is c1ccc2c(c1)Sc1ccc(-c3ccccc3-c3cccc4c3ccc3ccccc34)c3cccc-2c13. The maximum atomic E-state index is 2.32. The number of hydrogen-bond acceptors (Lipinski definition) is 1. The molecule has 8 rings (SSSR count). The van der Waals surface area contributed by atoms with Crippen LogP contribution in [0.5, 0.6) is 0 Å². The summed E-state index contributed by atoms with van der Waals surface area (Å²) < 4.78 is 0. The molecule has 0 atom stereocenters. The quantitative estimate of drug-likeness (QED) is 0.219. The first kappa shape index (κ1) is 20.8. The minimum absolute atomic E-state index is 1.27. The Balaban J connectivity index is 1.40. The van der Waals surface area contributed by atoms with Gasteiger partial charge in [0.15, 0.2) is 0 Å². The minimum atomic E-state index is 1.27. The molecule has 0 spiro atoms. The van der Waals surface area contributed by atoms with Gasteiger partial charge in [-0.2, -0.15) is 0 Å². The Morgan fingerprint density at radius 1 is 0.297 bits per heavy atom. The van der Waals surface area contributed by atoms with E-state index in [0.29, 0.717) is 0 Å². The molecule has 0 fully saturated rings. The zero-order valence-corrected chi connectivity index (χ0v) is 20.9. The highest BCUT2D eigenvalue weighted by Gasteiger charge is 2.21. The van der Waals surface area contributed by atoms with E-state index in [0.717, 1.165) is 0 Å². The largest absolute Gasteiger partial charge is 0.0888 e. The Hall–Kier alpha value is -4.33. The topological polar surface area (TPSA) is 0 Å². The predicted molar refractivity (Wildman–Crippen MR) is 159 cm³/mol. The fourth-order valence-electron chi connectivity index (χ4n) is 6.04. The molecule has 1 aliphatic heterocycles. The van der Waals surface area contributed by atoms with Crippen LogP contribution in [0.4, 0.5) is 0 Å². The normalized spacial score (nSPS) is 12.2. The third-order valence-corrected chi connectivity index (χ3v) is 8.83. The minimum Gasteiger partial charge on any atom is -0.0888 e. The second-order valence-corrected chi connectivity index (χ2v) is 10.8. The predicted octanol–water partition coefficient (Wildman–Crippen LogP) is 10.6. The summed E-state index contributed by atoms with van der Waals surface area (Å²) in [5, 5.41) is 7.85. The standard InChI is InChI=1S/C36H22S/c1-2-10-24-23(9-1)19-20-29-25(24)14-7-15-28(29)26-11-3-4-12-27(26)30-21-22-35-36-32(30)16-8-17-33(36)31-13-5-6-18-34(31)37-35/h1-22H. The van der Waals surface area contributed by atoms with Gasteiger partial charge in [0.1, 0.15) is 0 Å². The van der Waals surface area contributed by atoms with Gasteiger partial charge < -0.3 is 0 Å². The molecule has 0 aliphatic carbocycles. The van der Waals surface area contributed by atoms with E-state index in [2.05, 4.69) is 133 Å². The van der Waals surface area contributed by atoms with Crippen LogP contribution >= 0.6 is 11.8 Å². The van der Waals surface area contributed by atoms with Crippen molar-refractivity contribution < 1.29 is 0 Å². The molecule has 1 heterocycles. The zero-order valence-electron chi connectivity index (χ0n) is 20.1. The van der Waals surface area contributed by atoms with E-state index in [9.17, 15) is 0 Å². The molecule has 1 aliphatic rings. The van der Waals surface area contributed by atoms with Gasteiger partial charge in [0, 0.05) is 15.2 Å². The van der Waals surface area contributed by atoms with Crippen LogP contribution in [-0.4, -0.2) is 0 Å². The average Bonchev–Trinajstić information content (AvgIpc) is 2.97. The molecule has 0 N–H and O–H groups in total. The van der Waals surface area contributed by atoms with Crippen LogP contribution in [0.3, 0.4) is 0 Å². The summed E-state index contributed by atoms with van der Waals surface area (Å²) in [4.78, 5) is 2.67. The van der Waals surface area contributed by atoms with Crippen molar-refractivity contribution in [3.63, 3.8) is 0 Å². The molecule has 7 aromatic rings. The van der Waals surface area contributed by atoms with Gasteiger partial charge in [-0.3, -0.25) is 0 Å². The third kappa shape index (κ3) is 3.11. The van der Waals surface area contributed by atoms with Crippen molar-refractivity contribution in [3.8, 4) is 33.4 Å². The molecule has 37 heavy (non-hydrogen) atoms. The van der Waals surface area contributed by atoms with Crippen molar-refractivity contribution in [1.29, 1.82) is 0 Å². The van der Waals surface area contributed by atoms with Gasteiger partial charge in [-0.25, -0.2) is 0 Å². The van der Waals surface area contributed by atoms with Crippen LogP contribution in [0.2, 0.25) is 0 Å². The molecule has 7 aromatic carbocycles. The Morgan fingerprint density at radius 3 is 1.78 bits per heavy atom. The first-order valence-electron chi connectivity index (χ1n) is 12.7. The highest BCUT2D eigenvalue weighted by atomic mass is 32.2. The number of hydrogen-bond donors (Lipinski definition) is 0. The second kappa shape index (κ2) is 8.09. The van der Waals surface area contributed by atoms with Gasteiger partial charge in [-0.15, -0.1) is 0 Å². The van der Waals surface area contributed by atoms with Gasteiger partial charge in [0.05, 0.1) is 0 Å². The van der Waals surface area contributed by atoms with Crippen LogP contribution in [0.25, 0.3) is 65.7 Å². The van der Waals surface area contributed by atoms with Gasteiger partial charge >= 0.3 is 0 Å². The van der Waals surface area contributed by atoms with E-state index in [1.54, 1.807) is 0 Å². The lowest BCUT2D eigenvalue weighted by atomic mass is 9.87. The summed E-state index contributed by atoms with van der Waals surface area (Å²) in [6.07, 6.45) is 0. The molecule has 0 nitrogen and oxygen atoms in total. The summed E-state index contributed by atoms with van der Waals surface area (Å²) in [7, 11) is 0. The van der Waals surface area contributed by atoms with Gasteiger partial charge in [-0.1, -0.05) is 133 Å². The van der Waals surface area contributed by atoms with E-state index < -0.39 is 0 Å². The molecule has 1 heteroatoms. The lowest BCUT2D eigenvalue weighted by Crippen LogP contribution is -1.95. The maximum Gasteiger partial charge on any atom is 0.0207 e. The molecule has 0 aromatic heterocycles. The van der Waals surface area contributed by atoms with Gasteiger partial charge in [0.25, 0.3) is 0 Å². The summed E-state index contributed by atoms with van der Waals surface area (Å²) in [6.45, 7) is 0. The lowest BCUT2D eigenvalue weighted by molar-refractivity contribution is 1.40. The smallest absolute Gasteiger partial charge is 0.0207 e. The van der Waals surface area contributed by atoms with Crippen molar-refractivity contribution in [1.82, 2.24) is 0 Å². The van der Waals surface area contributed by atoms with E-state index in [1.165, 1.54) is 75.5 Å². The van der Waals surface area contributed by atoms with E-state index in [-0.39, 0.29) is 0 Å². The molecule has 0 bridgehead atoms. The Kier molecular flexibility index (Phi) is 4.55. The van der Waals surface area contributed by atoms with E-state index in [4.69, 9.17) is 0 Å². The fraction of sp³-hybridized carbons (Fsp3) is 0. The molecular weight excluding hydrogens is 464 g/mol. The van der Waals surface area contributed by atoms with Crippen molar-refractivity contribution in [2.45, 2.75) is 9.79 Å². The first-order valence-corrected chi connectivity index (χ1v) is 13.5. The van der Waals surface area contributed by atoms with Crippen LogP contribution in [-0.2, 0) is 0 Å². The molecule has 0 saturated heterocycles. The van der Waals surface area contributed by atoms with Crippen molar-refractivity contribution in [2.24, 2.45) is 0 Å². The van der Waals surface area contributed by atoms with Crippen molar-refractivity contribution in [2.75, 3.05) is 0 Å². The van der Waals surface area contributed by atoms with E-state index >= 15 is 0 Å². The Bertz CT molecular complexity index is 2010. The summed E-state index contributed by atoms with van der Waals surface area (Å²) in [5.74, 6) is 0. The molecular formula is C36H22S. The average molecular weight is 487 g/mol. The summed E-state index contributed by atoms with van der Waals surface area (Å²) in [5.41, 5.74) is 7.77. The van der Waals surface area contributed by atoms with Crippen LogP contribution in [0.15, 0.2) is 143 Å². The Morgan fingerprint density at radius 2 is 0.919 bits per heavy atom. The highest BCUT2D eigenvalue weighted by Crippen LogP contribution is 2.50. The molecule has 0 amide bonds. The van der Waals surface area contributed by atoms with Gasteiger partial charge in [-0.05, 0) is 72.4 Å². The Labute approximate surface area is 220 Å². The van der Waals surface area contributed by atoms with Crippen LogP contribution < -0.4 is 0 Å². The maximum absolute atomic E-state index is 2.32. The van der Waals surface area contributed by atoms with Crippen molar-refractivity contribution in [3.05, 3.63) is 133 Å².